The molecule has 8 heteroatoms. The molecule has 37 heavy (non-hydrogen) atoms. The van der Waals surface area contributed by atoms with Crippen LogP contribution in [0.5, 0.6) is 5.75 Å². The number of ether oxygens (including phenoxy) is 1. The minimum absolute atomic E-state index is 0.291. The maximum atomic E-state index is 12.5. The number of amides is 2. The first-order valence-corrected chi connectivity index (χ1v) is 11.6. The van der Waals surface area contributed by atoms with E-state index in [9.17, 15) is 14.4 Å². The predicted molar refractivity (Wildman–Crippen MR) is 143 cm³/mol. The Morgan fingerprint density at radius 1 is 0.757 bits per heavy atom. The molecule has 0 radical (unpaired) electrons. The van der Waals surface area contributed by atoms with E-state index in [2.05, 4.69) is 15.8 Å². The maximum Gasteiger partial charge on any atom is 0.343 e. The standard InChI is InChI=1S/C29H22ClN3O4/c1-19-6-8-22(9-7-19)29(36)37-26-5-3-2-4-23(26)18-31-33-28(35)21-12-16-25(17-13-21)32-27(34)20-10-14-24(30)15-11-20/h2-18H,1H3,(H,32,34)(H,33,35)/b31-18-. The summed E-state index contributed by atoms with van der Waals surface area (Å²) >= 11 is 5.85. The average molecular weight is 512 g/mol. The molecule has 0 aliphatic carbocycles. The Hall–Kier alpha value is -4.75. The van der Waals surface area contributed by atoms with Gasteiger partial charge in [0.2, 0.25) is 0 Å². The van der Waals surface area contributed by atoms with Gasteiger partial charge in [-0.15, -0.1) is 0 Å². The van der Waals surface area contributed by atoms with E-state index >= 15 is 0 Å². The van der Waals surface area contributed by atoms with Crippen molar-refractivity contribution in [2.45, 2.75) is 6.92 Å². The Morgan fingerprint density at radius 2 is 1.35 bits per heavy atom. The molecule has 0 aliphatic rings. The van der Waals surface area contributed by atoms with Gasteiger partial charge in [0.1, 0.15) is 5.75 Å². The summed E-state index contributed by atoms with van der Waals surface area (Å²) < 4.78 is 5.51. The zero-order valence-electron chi connectivity index (χ0n) is 19.8. The number of esters is 1. The van der Waals surface area contributed by atoms with Crippen molar-refractivity contribution in [3.63, 3.8) is 0 Å². The summed E-state index contributed by atoms with van der Waals surface area (Å²) in [5.74, 6) is -0.916. The molecule has 184 valence electrons. The highest BCUT2D eigenvalue weighted by atomic mass is 35.5. The molecular formula is C29H22ClN3O4. The second-order valence-corrected chi connectivity index (χ2v) is 8.47. The third-order valence-corrected chi connectivity index (χ3v) is 5.54. The molecule has 4 aromatic rings. The highest BCUT2D eigenvalue weighted by Gasteiger charge is 2.11. The van der Waals surface area contributed by atoms with Gasteiger partial charge in [0, 0.05) is 27.4 Å². The van der Waals surface area contributed by atoms with Gasteiger partial charge in [-0.3, -0.25) is 9.59 Å². The molecular weight excluding hydrogens is 490 g/mol. The van der Waals surface area contributed by atoms with Crippen molar-refractivity contribution in [2.24, 2.45) is 5.10 Å². The quantitative estimate of drug-likeness (QED) is 0.140. The molecule has 2 amide bonds. The van der Waals surface area contributed by atoms with Crippen molar-refractivity contribution >= 4 is 41.3 Å². The van der Waals surface area contributed by atoms with Crippen LogP contribution in [0.3, 0.4) is 0 Å². The number of nitrogens with one attached hydrogen (secondary N) is 2. The maximum absolute atomic E-state index is 12.5. The number of hydrazone groups is 1. The Morgan fingerprint density at radius 3 is 2.05 bits per heavy atom. The van der Waals surface area contributed by atoms with Crippen LogP contribution in [0.1, 0.15) is 42.2 Å². The second-order valence-electron chi connectivity index (χ2n) is 8.03. The number of aryl methyl sites for hydroxylation is 1. The summed E-state index contributed by atoms with van der Waals surface area (Å²) in [7, 11) is 0. The first-order chi connectivity index (χ1) is 17.9. The molecule has 2 N–H and O–H groups in total. The second kappa shape index (κ2) is 11.8. The summed E-state index contributed by atoms with van der Waals surface area (Å²) in [5, 5.41) is 7.29. The van der Waals surface area contributed by atoms with Crippen LogP contribution < -0.4 is 15.5 Å². The number of para-hydroxylation sites is 1. The largest absolute Gasteiger partial charge is 0.422 e. The highest BCUT2D eigenvalue weighted by molar-refractivity contribution is 6.30. The fraction of sp³-hybridized carbons (Fsp3) is 0.0345. The van der Waals surface area contributed by atoms with Gasteiger partial charge in [-0.05, 0) is 79.7 Å². The van der Waals surface area contributed by atoms with E-state index in [0.717, 1.165) is 5.56 Å². The molecule has 0 unspecified atom stereocenters. The predicted octanol–water partition coefficient (Wildman–Crippen LogP) is 5.88. The van der Waals surface area contributed by atoms with Crippen LogP contribution in [0.2, 0.25) is 5.02 Å². The number of hydrogen-bond donors (Lipinski definition) is 2. The highest BCUT2D eigenvalue weighted by Crippen LogP contribution is 2.18. The minimum atomic E-state index is -0.492. The van der Waals surface area contributed by atoms with Crippen LogP contribution in [-0.2, 0) is 0 Å². The van der Waals surface area contributed by atoms with Crippen molar-refractivity contribution in [1.29, 1.82) is 0 Å². The summed E-state index contributed by atoms with van der Waals surface area (Å²) in [6, 6.07) is 26.8. The number of carbonyl (C=O) groups is 3. The zero-order valence-corrected chi connectivity index (χ0v) is 20.5. The number of halogens is 1. The van der Waals surface area contributed by atoms with Gasteiger partial charge in [0.25, 0.3) is 11.8 Å². The van der Waals surface area contributed by atoms with Crippen LogP contribution in [0.15, 0.2) is 102 Å². The molecule has 0 aliphatic heterocycles. The number of anilines is 1. The third kappa shape index (κ3) is 6.90. The lowest BCUT2D eigenvalue weighted by atomic mass is 10.1. The number of nitrogens with zero attached hydrogens (tertiary/aromatic N) is 1. The van der Waals surface area contributed by atoms with E-state index in [4.69, 9.17) is 16.3 Å². The Bertz CT molecular complexity index is 1450. The molecule has 0 saturated carbocycles. The van der Waals surface area contributed by atoms with Gasteiger partial charge in [0.15, 0.2) is 0 Å². The summed E-state index contributed by atoms with van der Waals surface area (Å²) in [4.78, 5) is 37.3. The minimum Gasteiger partial charge on any atom is -0.422 e. The lowest BCUT2D eigenvalue weighted by molar-refractivity contribution is 0.0734. The Labute approximate surface area is 218 Å². The smallest absolute Gasteiger partial charge is 0.343 e. The van der Waals surface area contributed by atoms with E-state index < -0.39 is 11.9 Å². The Kier molecular flexibility index (Phi) is 8.08. The molecule has 0 heterocycles. The zero-order chi connectivity index (χ0) is 26.2. The molecule has 4 rings (SSSR count). The number of carbonyl (C=O) groups excluding carboxylic acids is 3. The molecule has 0 spiro atoms. The van der Waals surface area contributed by atoms with Crippen molar-refractivity contribution in [1.82, 2.24) is 5.43 Å². The lowest BCUT2D eigenvalue weighted by Crippen LogP contribution is -2.18. The normalized spacial score (nSPS) is 10.6. The fourth-order valence-electron chi connectivity index (χ4n) is 3.26. The van der Waals surface area contributed by atoms with Gasteiger partial charge in [0.05, 0.1) is 11.8 Å². The van der Waals surface area contributed by atoms with Gasteiger partial charge in [-0.1, -0.05) is 41.4 Å². The van der Waals surface area contributed by atoms with Gasteiger partial charge >= 0.3 is 5.97 Å². The number of rotatable bonds is 7. The molecule has 0 saturated heterocycles. The van der Waals surface area contributed by atoms with Crippen LogP contribution in [0, 0.1) is 6.92 Å². The molecule has 7 nitrogen and oxygen atoms in total. The van der Waals surface area contributed by atoms with E-state index in [0.29, 0.717) is 38.7 Å². The van der Waals surface area contributed by atoms with E-state index in [1.165, 1.54) is 6.21 Å². The molecule has 0 bridgehead atoms. The van der Waals surface area contributed by atoms with Crippen molar-refractivity contribution in [3.8, 4) is 5.75 Å². The van der Waals surface area contributed by atoms with Gasteiger partial charge in [-0.2, -0.15) is 5.10 Å². The van der Waals surface area contributed by atoms with Gasteiger partial charge in [-0.25, -0.2) is 10.2 Å². The van der Waals surface area contributed by atoms with Crippen molar-refractivity contribution < 1.29 is 19.1 Å². The lowest BCUT2D eigenvalue weighted by Gasteiger charge is -2.08. The van der Waals surface area contributed by atoms with Crippen LogP contribution in [-0.4, -0.2) is 24.0 Å². The topological polar surface area (TPSA) is 96.9 Å². The molecule has 0 atom stereocenters. The number of hydrogen-bond acceptors (Lipinski definition) is 5. The summed E-state index contributed by atoms with van der Waals surface area (Å²) in [5.41, 5.74) is 5.78. The van der Waals surface area contributed by atoms with Crippen molar-refractivity contribution in [2.75, 3.05) is 5.32 Å². The monoisotopic (exact) mass is 511 g/mol. The SMILES string of the molecule is Cc1ccc(C(=O)Oc2ccccc2/C=N\NC(=O)c2ccc(NC(=O)c3ccc(Cl)cc3)cc2)cc1. The van der Waals surface area contributed by atoms with Crippen molar-refractivity contribution in [3.05, 3.63) is 130 Å². The van der Waals surface area contributed by atoms with Crippen LogP contribution in [0.25, 0.3) is 0 Å². The summed E-state index contributed by atoms with van der Waals surface area (Å²) in [6.45, 7) is 1.93. The van der Waals surface area contributed by atoms with Crippen LogP contribution in [0.4, 0.5) is 5.69 Å². The fourth-order valence-corrected chi connectivity index (χ4v) is 3.39. The average Bonchev–Trinajstić information content (AvgIpc) is 2.90. The number of benzene rings is 4. The first kappa shape index (κ1) is 25.3. The van der Waals surface area contributed by atoms with E-state index in [1.807, 2.05) is 19.1 Å². The molecule has 0 aromatic heterocycles. The Balaban J connectivity index is 1.35. The van der Waals surface area contributed by atoms with E-state index in [-0.39, 0.29) is 5.91 Å². The molecule has 0 fully saturated rings. The van der Waals surface area contributed by atoms with Crippen LogP contribution >= 0.6 is 11.6 Å². The van der Waals surface area contributed by atoms with E-state index in [1.54, 1.807) is 84.9 Å². The summed E-state index contributed by atoms with van der Waals surface area (Å²) in [6.07, 6.45) is 1.40. The first-order valence-electron chi connectivity index (χ1n) is 11.3. The third-order valence-electron chi connectivity index (χ3n) is 5.29. The molecule has 4 aromatic carbocycles. The van der Waals surface area contributed by atoms with Gasteiger partial charge < -0.3 is 10.1 Å².